The molecule has 0 unspecified atom stereocenters. The lowest BCUT2D eigenvalue weighted by molar-refractivity contribution is -0.657. The van der Waals surface area contributed by atoms with E-state index < -0.39 is 0 Å². The largest absolute Gasteiger partial charge is 0.277 e. The molecule has 2 heterocycles. The Bertz CT molecular complexity index is 281. The van der Waals surface area contributed by atoms with E-state index in [1.807, 2.05) is 0 Å². The van der Waals surface area contributed by atoms with Gasteiger partial charge in [0.15, 0.2) is 0 Å². The number of anilines is 1. The van der Waals surface area contributed by atoms with Crippen LogP contribution in [-0.4, -0.2) is 6.54 Å². The Balaban J connectivity index is 2.42. The highest BCUT2D eigenvalue weighted by Crippen LogP contribution is 2.15. The van der Waals surface area contributed by atoms with E-state index in [0.29, 0.717) is 0 Å². The summed E-state index contributed by atoms with van der Waals surface area (Å²) in [6.07, 6.45) is 5.91. The number of hydrogen-bond acceptors (Lipinski definition) is 1. The number of nitrogens with zero attached hydrogens (tertiary/aromatic N) is 1. The van der Waals surface area contributed by atoms with Crippen molar-refractivity contribution < 1.29 is 4.57 Å². The van der Waals surface area contributed by atoms with Crippen LogP contribution in [0.25, 0.3) is 0 Å². The second kappa shape index (κ2) is 3.13. The Morgan fingerprint density at radius 2 is 2.33 bits per heavy atom. The topological polar surface area (TPSA) is 15.9 Å². The number of fused-ring (bicyclic) bond motifs is 1. The molecule has 0 atom stereocenters. The van der Waals surface area contributed by atoms with Crippen LogP contribution in [0.3, 0.4) is 0 Å². The molecular weight excluding hydrogens is 148 g/mol. The van der Waals surface area contributed by atoms with E-state index in [1.165, 1.54) is 30.6 Å². The van der Waals surface area contributed by atoms with Crippen molar-refractivity contribution in [3.8, 4) is 0 Å². The molecule has 0 aliphatic carbocycles. The number of aryl methyl sites for hydroxylation is 2. The van der Waals surface area contributed by atoms with Gasteiger partial charge >= 0.3 is 0 Å². The Morgan fingerprint density at radius 3 is 3.25 bits per heavy atom. The molecule has 0 fully saturated rings. The van der Waals surface area contributed by atoms with Gasteiger partial charge in [-0.25, -0.2) is 4.57 Å². The number of hydrogen-bond donors (Lipinski definition) is 1. The first-order valence-corrected chi connectivity index (χ1v) is 4.59. The maximum atomic E-state index is 3.46. The number of pyridine rings is 1. The van der Waals surface area contributed by atoms with Crippen molar-refractivity contribution in [2.75, 3.05) is 11.9 Å². The number of aromatic nitrogens is 1. The highest BCUT2D eigenvalue weighted by atomic mass is 15.1. The average Bonchev–Trinajstić information content (AvgIpc) is 2.30. The van der Waals surface area contributed by atoms with Crippen LogP contribution in [0.15, 0.2) is 18.3 Å². The average molecular weight is 163 g/mol. The molecule has 1 aromatic heterocycles. The fourth-order valence-corrected chi connectivity index (χ4v) is 1.76. The summed E-state index contributed by atoms with van der Waals surface area (Å²) in [7, 11) is 2.09. The summed E-state index contributed by atoms with van der Waals surface area (Å²) in [5.41, 5.74) is 1.46. The third-order valence-corrected chi connectivity index (χ3v) is 2.43. The van der Waals surface area contributed by atoms with Crippen molar-refractivity contribution in [2.45, 2.75) is 19.3 Å². The van der Waals surface area contributed by atoms with Crippen molar-refractivity contribution >= 4 is 5.82 Å². The van der Waals surface area contributed by atoms with Crippen molar-refractivity contribution in [3.63, 3.8) is 0 Å². The van der Waals surface area contributed by atoms with Crippen molar-refractivity contribution in [3.05, 3.63) is 23.9 Å². The fraction of sp³-hybridized carbons (Fsp3) is 0.500. The molecule has 2 rings (SSSR count). The molecule has 0 bridgehead atoms. The van der Waals surface area contributed by atoms with Crippen molar-refractivity contribution in [1.29, 1.82) is 0 Å². The fourth-order valence-electron chi connectivity index (χ4n) is 1.76. The van der Waals surface area contributed by atoms with E-state index in [2.05, 4.69) is 35.3 Å². The summed E-state index contributed by atoms with van der Waals surface area (Å²) in [6, 6.07) is 4.33. The molecule has 0 amide bonds. The molecule has 64 valence electrons. The van der Waals surface area contributed by atoms with Gasteiger partial charge in [0, 0.05) is 5.56 Å². The van der Waals surface area contributed by atoms with Crippen LogP contribution in [-0.2, 0) is 13.5 Å². The lowest BCUT2D eigenvalue weighted by atomic mass is 10.1. The lowest BCUT2D eigenvalue weighted by Crippen LogP contribution is -2.32. The zero-order chi connectivity index (χ0) is 8.39. The van der Waals surface area contributed by atoms with Crippen LogP contribution in [0.4, 0.5) is 5.82 Å². The molecule has 12 heavy (non-hydrogen) atoms. The minimum absolute atomic E-state index is 1.12. The van der Waals surface area contributed by atoms with Gasteiger partial charge in [0.25, 0.3) is 5.82 Å². The molecule has 0 spiro atoms. The van der Waals surface area contributed by atoms with E-state index in [0.717, 1.165) is 6.54 Å². The van der Waals surface area contributed by atoms with Crippen LogP contribution in [0, 0.1) is 0 Å². The number of nitrogens with one attached hydrogen (secondary N) is 1. The molecule has 0 aromatic carbocycles. The van der Waals surface area contributed by atoms with Gasteiger partial charge in [-0.2, -0.15) is 0 Å². The molecule has 1 aromatic rings. The second-order valence-electron chi connectivity index (χ2n) is 3.38. The van der Waals surface area contributed by atoms with E-state index in [1.54, 1.807) is 0 Å². The van der Waals surface area contributed by atoms with Gasteiger partial charge in [-0.05, 0) is 31.4 Å². The van der Waals surface area contributed by atoms with E-state index in [-0.39, 0.29) is 0 Å². The molecule has 1 N–H and O–H groups in total. The summed E-state index contributed by atoms with van der Waals surface area (Å²) in [4.78, 5) is 0. The second-order valence-corrected chi connectivity index (χ2v) is 3.38. The van der Waals surface area contributed by atoms with Gasteiger partial charge in [0.2, 0.25) is 0 Å². The maximum Gasteiger partial charge on any atom is 0.277 e. The normalized spacial score (nSPS) is 16.1. The highest BCUT2D eigenvalue weighted by molar-refractivity contribution is 5.39. The first kappa shape index (κ1) is 7.59. The van der Waals surface area contributed by atoms with Gasteiger partial charge in [-0.15, -0.1) is 0 Å². The smallest absolute Gasteiger partial charge is 0.274 e. The molecule has 2 heteroatoms. The molecule has 0 radical (unpaired) electrons. The SMILES string of the molecule is C[n+]1cccc2c1NCCCC2. The van der Waals surface area contributed by atoms with Gasteiger partial charge < -0.3 is 0 Å². The summed E-state index contributed by atoms with van der Waals surface area (Å²) >= 11 is 0. The summed E-state index contributed by atoms with van der Waals surface area (Å²) in [5.74, 6) is 1.30. The summed E-state index contributed by atoms with van der Waals surface area (Å²) in [6.45, 7) is 1.12. The van der Waals surface area contributed by atoms with Crippen LogP contribution < -0.4 is 9.88 Å². The summed E-state index contributed by atoms with van der Waals surface area (Å²) < 4.78 is 2.17. The molecule has 0 saturated heterocycles. The molecule has 2 nitrogen and oxygen atoms in total. The van der Waals surface area contributed by atoms with Gasteiger partial charge in [-0.3, -0.25) is 5.32 Å². The Hall–Kier alpha value is -1.05. The zero-order valence-electron chi connectivity index (χ0n) is 7.51. The third-order valence-electron chi connectivity index (χ3n) is 2.43. The Kier molecular flexibility index (Phi) is 1.98. The van der Waals surface area contributed by atoms with Crippen LogP contribution in [0.1, 0.15) is 18.4 Å². The van der Waals surface area contributed by atoms with Crippen LogP contribution in [0.2, 0.25) is 0 Å². The molecular formula is C10H15N2+. The molecule has 0 saturated carbocycles. The predicted molar refractivity (Wildman–Crippen MR) is 49.0 cm³/mol. The molecule has 1 aliphatic heterocycles. The summed E-state index contributed by atoms with van der Waals surface area (Å²) in [5, 5.41) is 3.46. The Labute approximate surface area is 73.2 Å². The minimum Gasteiger partial charge on any atom is -0.274 e. The third kappa shape index (κ3) is 1.29. The highest BCUT2D eigenvalue weighted by Gasteiger charge is 2.14. The van der Waals surface area contributed by atoms with Crippen LogP contribution in [0.5, 0.6) is 0 Å². The van der Waals surface area contributed by atoms with Gasteiger partial charge in [0.05, 0.1) is 19.8 Å². The van der Waals surface area contributed by atoms with E-state index >= 15 is 0 Å². The molecule has 1 aliphatic rings. The van der Waals surface area contributed by atoms with E-state index in [9.17, 15) is 0 Å². The number of rotatable bonds is 0. The van der Waals surface area contributed by atoms with Crippen LogP contribution >= 0.6 is 0 Å². The van der Waals surface area contributed by atoms with Gasteiger partial charge in [-0.1, -0.05) is 0 Å². The quantitative estimate of drug-likeness (QED) is 0.569. The standard InChI is InChI=1S/C10H14N2/c1-12-8-4-6-9-5-2-3-7-11-10(9)12/h4,6,8H,2-3,5,7H2,1H3/p+1. The van der Waals surface area contributed by atoms with Gasteiger partial charge in [0.1, 0.15) is 0 Å². The van der Waals surface area contributed by atoms with Crippen molar-refractivity contribution in [1.82, 2.24) is 0 Å². The minimum atomic E-state index is 1.12. The predicted octanol–water partition coefficient (Wildman–Crippen LogP) is 1.26. The van der Waals surface area contributed by atoms with E-state index in [4.69, 9.17) is 0 Å². The lowest BCUT2D eigenvalue weighted by Gasteiger charge is -2.03. The first-order valence-electron chi connectivity index (χ1n) is 4.59. The zero-order valence-corrected chi connectivity index (χ0v) is 7.51. The monoisotopic (exact) mass is 163 g/mol. The Morgan fingerprint density at radius 1 is 1.42 bits per heavy atom. The maximum absolute atomic E-state index is 3.46. The van der Waals surface area contributed by atoms with Crippen molar-refractivity contribution in [2.24, 2.45) is 7.05 Å². The first-order chi connectivity index (χ1) is 5.88.